The highest BCUT2D eigenvalue weighted by Crippen LogP contribution is 2.36. The van der Waals surface area contributed by atoms with Crippen molar-refractivity contribution >= 4 is 8.32 Å². The van der Waals surface area contributed by atoms with Crippen molar-refractivity contribution in [2.45, 2.75) is 103 Å². The molecule has 3 heteroatoms. The van der Waals surface area contributed by atoms with E-state index in [1.807, 2.05) is 0 Å². The van der Waals surface area contributed by atoms with Gasteiger partial charge in [-0.1, -0.05) is 59.3 Å². The lowest BCUT2D eigenvalue weighted by Crippen LogP contribution is -2.40. The molecule has 126 valence electrons. The topological polar surface area (TPSA) is 21.8 Å². The number of rotatable bonds is 11. The lowest BCUT2D eigenvalue weighted by atomic mass is 10.0. The highest BCUT2D eigenvalue weighted by Gasteiger charge is 2.38. The van der Waals surface area contributed by atoms with Gasteiger partial charge in [-0.3, -0.25) is 0 Å². The molecule has 0 amide bonds. The van der Waals surface area contributed by atoms with Crippen LogP contribution in [0, 0.1) is 0 Å². The van der Waals surface area contributed by atoms with Crippen LogP contribution in [0.3, 0.4) is 0 Å². The second-order valence-electron chi connectivity index (χ2n) is 8.57. The molecule has 0 N–H and O–H groups in total. The number of epoxide rings is 1. The number of hydrogen-bond donors (Lipinski definition) is 0. The van der Waals surface area contributed by atoms with Gasteiger partial charge in [0, 0.05) is 6.61 Å². The maximum Gasteiger partial charge on any atom is 0.191 e. The lowest BCUT2D eigenvalue weighted by molar-refractivity contribution is 0.277. The van der Waals surface area contributed by atoms with Gasteiger partial charge in [0.25, 0.3) is 0 Å². The summed E-state index contributed by atoms with van der Waals surface area (Å²) in [4.78, 5) is 0. The van der Waals surface area contributed by atoms with E-state index < -0.39 is 8.32 Å². The van der Waals surface area contributed by atoms with Crippen molar-refractivity contribution in [2.75, 3.05) is 13.2 Å². The summed E-state index contributed by atoms with van der Waals surface area (Å²) in [6.07, 6.45) is 10.7. The molecule has 0 saturated carbocycles. The molecular formula is C18H38O2Si. The summed E-state index contributed by atoms with van der Waals surface area (Å²) < 4.78 is 11.6. The molecule has 21 heavy (non-hydrogen) atoms. The largest absolute Gasteiger partial charge is 0.417 e. The molecule has 2 nitrogen and oxygen atoms in total. The second kappa shape index (κ2) is 8.12. The summed E-state index contributed by atoms with van der Waals surface area (Å²) in [5, 5.41) is 0.342. The summed E-state index contributed by atoms with van der Waals surface area (Å²) in [5.74, 6) is 0. The molecule has 0 bridgehead atoms. The van der Waals surface area contributed by atoms with Crippen LogP contribution < -0.4 is 0 Å². The SMILES string of the molecule is CC1(CCCCCCCCCO[Si](C)(C)C(C)(C)C)CO1. The van der Waals surface area contributed by atoms with Crippen molar-refractivity contribution in [2.24, 2.45) is 0 Å². The second-order valence-corrected chi connectivity index (χ2v) is 13.4. The van der Waals surface area contributed by atoms with Gasteiger partial charge >= 0.3 is 0 Å². The molecule has 1 rings (SSSR count). The average Bonchev–Trinajstić information content (AvgIpc) is 3.08. The van der Waals surface area contributed by atoms with E-state index in [1.54, 1.807) is 0 Å². The first-order valence-electron chi connectivity index (χ1n) is 8.94. The molecule has 0 spiro atoms. The molecule has 0 aromatic heterocycles. The molecule has 1 fully saturated rings. The van der Waals surface area contributed by atoms with E-state index in [1.165, 1.54) is 51.4 Å². The maximum absolute atomic E-state index is 6.21. The Bertz CT molecular complexity index is 290. The predicted molar refractivity (Wildman–Crippen MR) is 94.4 cm³/mol. The van der Waals surface area contributed by atoms with Crippen LogP contribution in [-0.4, -0.2) is 27.1 Å². The minimum Gasteiger partial charge on any atom is -0.417 e. The van der Waals surface area contributed by atoms with Gasteiger partial charge < -0.3 is 9.16 Å². The minimum absolute atomic E-state index is 0.265. The smallest absolute Gasteiger partial charge is 0.191 e. The average molecular weight is 315 g/mol. The standard InChI is InChI=1S/C18H38O2Si/c1-17(2,3)21(5,6)20-15-13-11-9-7-8-10-12-14-18(4)16-19-18/h7-16H2,1-6H3. The van der Waals surface area contributed by atoms with Crippen molar-refractivity contribution in [1.82, 2.24) is 0 Å². The molecule has 0 aromatic rings. The van der Waals surface area contributed by atoms with Crippen molar-refractivity contribution < 1.29 is 9.16 Å². The molecule has 0 radical (unpaired) electrons. The molecule has 1 heterocycles. The lowest BCUT2D eigenvalue weighted by Gasteiger charge is -2.36. The van der Waals surface area contributed by atoms with E-state index in [4.69, 9.17) is 9.16 Å². The quantitative estimate of drug-likeness (QED) is 0.268. The van der Waals surface area contributed by atoms with Crippen molar-refractivity contribution in [1.29, 1.82) is 0 Å². The summed E-state index contributed by atoms with van der Waals surface area (Å²) in [6, 6.07) is 0. The van der Waals surface area contributed by atoms with Gasteiger partial charge in [-0.05, 0) is 37.9 Å². The Labute approximate surface area is 134 Å². The van der Waals surface area contributed by atoms with E-state index in [0.29, 0.717) is 5.04 Å². The first-order chi connectivity index (χ1) is 9.66. The molecule has 0 aliphatic carbocycles. The zero-order valence-electron chi connectivity index (χ0n) is 15.4. The third-order valence-electron chi connectivity index (χ3n) is 5.26. The normalized spacial score (nSPS) is 22.6. The van der Waals surface area contributed by atoms with E-state index >= 15 is 0 Å². The zero-order chi connectivity index (χ0) is 16.0. The van der Waals surface area contributed by atoms with Gasteiger partial charge in [-0.15, -0.1) is 0 Å². The highest BCUT2D eigenvalue weighted by molar-refractivity contribution is 6.74. The first kappa shape index (κ1) is 19.2. The fraction of sp³-hybridized carbons (Fsp3) is 1.00. The summed E-state index contributed by atoms with van der Waals surface area (Å²) in [5.41, 5.74) is 0.265. The monoisotopic (exact) mass is 314 g/mol. The molecule has 1 saturated heterocycles. The molecular weight excluding hydrogens is 276 g/mol. The van der Waals surface area contributed by atoms with Gasteiger partial charge in [0.05, 0.1) is 12.2 Å². The molecule has 1 atom stereocenters. The maximum atomic E-state index is 6.21. The van der Waals surface area contributed by atoms with E-state index in [2.05, 4.69) is 40.8 Å². The van der Waals surface area contributed by atoms with Crippen molar-refractivity contribution in [3.05, 3.63) is 0 Å². The van der Waals surface area contributed by atoms with E-state index in [9.17, 15) is 0 Å². The number of ether oxygens (including phenoxy) is 1. The van der Waals surface area contributed by atoms with Crippen LogP contribution >= 0.6 is 0 Å². The first-order valence-corrected chi connectivity index (χ1v) is 11.9. The predicted octanol–water partition coefficient (Wildman–Crippen LogP) is 5.92. The molecule has 1 aliphatic heterocycles. The highest BCUT2D eigenvalue weighted by atomic mass is 28.4. The summed E-state index contributed by atoms with van der Waals surface area (Å²) in [7, 11) is -1.51. The number of hydrogen-bond acceptors (Lipinski definition) is 2. The summed E-state index contributed by atoms with van der Waals surface area (Å²) >= 11 is 0. The van der Waals surface area contributed by atoms with E-state index in [0.717, 1.165) is 13.2 Å². The van der Waals surface area contributed by atoms with Crippen LogP contribution in [0.25, 0.3) is 0 Å². The van der Waals surface area contributed by atoms with Crippen LogP contribution in [-0.2, 0) is 9.16 Å². The molecule has 1 unspecified atom stereocenters. The van der Waals surface area contributed by atoms with Crippen LogP contribution in [0.5, 0.6) is 0 Å². The van der Waals surface area contributed by atoms with Gasteiger partial charge in [-0.25, -0.2) is 0 Å². The van der Waals surface area contributed by atoms with E-state index in [-0.39, 0.29) is 5.60 Å². The van der Waals surface area contributed by atoms with Crippen molar-refractivity contribution in [3.8, 4) is 0 Å². The van der Waals surface area contributed by atoms with Crippen molar-refractivity contribution in [3.63, 3.8) is 0 Å². The molecule has 0 aromatic carbocycles. The third kappa shape index (κ3) is 7.80. The zero-order valence-corrected chi connectivity index (χ0v) is 16.4. The Balaban J connectivity index is 1.86. The van der Waals surface area contributed by atoms with Gasteiger partial charge in [0.1, 0.15) is 0 Å². The minimum atomic E-state index is -1.51. The Morgan fingerprint density at radius 2 is 1.43 bits per heavy atom. The van der Waals surface area contributed by atoms with Crippen LogP contribution in [0.1, 0.15) is 79.1 Å². The Kier molecular flexibility index (Phi) is 7.42. The van der Waals surface area contributed by atoms with Crippen LogP contribution in [0.4, 0.5) is 0 Å². The number of unbranched alkanes of at least 4 members (excludes halogenated alkanes) is 6. The third-order valence-corrected chi connectivity index (χ3v) is 9.79. The van der Waals surface area contributed by atoms with Gasteiger partial charge in [-0.2, -0.15) is 0 Å². The Hall–Kier alpha value is 0.137. The van der Waals surface area contributed by atoms with Crippen LogP contribution in [0.2, 0.25) is 18.1 Å². The van der Waals surface area contributed by atoms with Crippen LogP contribution in [0.15, 0.2) is 0 Å². The summed E-state index contributed by atoms with van der Waals surface area (Å²) in [6.45, 7) is 15.8. The van der Waals surface area contributed by atoms with Gasteiger partial charge in [0.15, 0.2) is 8.32 Å². The Morgan fingerprint density at radius 1 is 0.952 bits per heavy atom. The Morgan fingerprint density at radius 3 is 1.90 bits per heavy atom. The van der Waals surface area contributed by atoms with Gasteiger partial charge in [0.2, 0.25) is 0 Å². The fourth-order valence-electron chi connectivity index (χ4n) is 2.30. The fourth-order valence-corrected chi connectivity index (χ4v) is 3.38. The molecule has 1 aliphatic rings.